The number of nitrogens with two attached hydrogens (primary N) is 15. The molecule has 0 aromatic carbocycles. The molecular weight excluding hydrogens is 1120 g/mol. The van der Waals surface area contributed by atoms with E-state index in [-0.39, 0.29) is 177 Å². The first-order valence-electron chi connectivity index (χ1n) is 27.2. The van der Waals surface area contributed by atoms with Gasteiger partial charge in [-0.2, -0.15) is 0 Å². The molecule has 6 amide bonds. The van der Waals surface area contributed by atoms with Crippen LogP contribution >= 0.6 is 0 Å². The number of carboxylic acids is 1. The fourth-order valence-electron chi connectivity index (χ4n) is 7.46. The Morgan fingerprint density at radius 1 is 0.329 bits per heavy atom. The molecule has 0 saturated carbocycles. The highest BCUT2D eigenvalue weighted by atomic mass is 16.4. The molecule has 0 fully saturated rings. The van der Waals surface area contributed by atoms with Crippen molar-refractivity contribution in [3.05, 3.63) is 0 Å². The van der Waals surface area contributed by atoms with Crippen LogP contribution in [0.1, 0.15) is 96.8 Å². The summed E-state index contributed by atoms with van der Waals surface area (Å²) in [6, 6.07) is -10.5. The fourth-order valence-corrected chi connectivity index (χ4v) is 7.46. The number of rotatable bonds is 46. The highest BCUT2D eigenvalue weighted by Crippen LogP contribution is 2.11. The van der Waals surface area contributed by atoms with Gasteiger partial charge in [0.2, 0.25) is 35.4 Å². The third-order valence-electron chi connectivity index (χ3n) is 11.8. The number of nitrogens with zero attached hydrogens (tertiary/aromatic N) is 7. The molecule has 0 heterocycles. The molecule has 85 heavy (non-hydrogen) atoms. The van der Waals surface area contributed by atoms with Crippen LogP contribution in [0.5, 0.6) is 0 Å². The molecule has 0 aliphatic carbocycles. The molecule has 8 atom stereocenters. The highest BCUT2D eigenvalue weighted by Gasteiger charge is 2.34. The standard InChI is InChI=1S/C46H94N30O9/c1-24(47)33(78)69-23-32(77)25(9-2-16-62-40(48)49)70-34(79)26(10-3-17-63-41(50)51)71-35(80)27(11-4-18-64-42(52)53)72-36(81)28(12-5-19-65-43(54)55)73-37(82)29(13-6-20-66-44(56)57)74-38(83)30(14-7-21-67-45(58)59)75-76-31(39(84)85)15-8-22-68-46(60)61/h24-31,75-76H,2-23,47H2,1H3,(H,69,78)(H,70,79)(H,71,80)(H,72,81)(H,73,82)(H,74,83)(H,84,85)(H4,48,49,62)(H4,50,51,63)(H4,52,53,64)(H4,54,55,65)(H4,56,57,66)(H4,58,59,67)(H4,60,61,68)/t24-,25-,26?,27-,28?,29-,30?,31?/m0/s1. The monoisotopic (exact) mass is 1210 g/mol. The van der Waals surface area contributed by atoms with Gasteiger partial charge in [0.25, 0.3) is 0 Å². The zero-order valence-corrected chi connectivity index (χ0v) is 48.2. The van der Waals surface area contributed by atoms with Crippen molar-refractivity contribution in [3.8, 4) is 0 Å². The van der Waals surface area contributed by atoms with E-state index in [9.17, 15) is 43.5 Å². The number of aliphatic carboxylic acids is 1. The average molecular weight is 1210 g/mol. The zero-order chi connectivity index (χ0) is 64.4. The van der Waals surface area contributed by atoms with Gasteiger partial charge in [-0.15, -0.1) is 0 Å². The Hall–Kier alpha value is -9.27. The van der Waals surface area contributed by atoms with Gasteiger partial charge >= 0.3 is 5.97 Å². The fraction of sp³-hybridized carbons (Fsp3) is 0.674. The van der Waals surface area contributed by atoms with E-state index in [0.717, 1.165) is 0 Å². The summed E-state index contributed by atoms with van der Waals surface area (Å²) in [6.45, 7) is 1.09. The minimum absolute atomic E-state index is 0.000999. The maximum atomic E-state index is 14.6. The molecule has 0 spiro atoms. The van der Waals surface area contributed by atoms with E-state index in [1.54, 1.807) is 0 Å². The number of carbonyl (C=O) groups is 8. The SMILES string of the molecule is C[C@H](N)C(=O)NCC(=O)[C@H](CCCN=C(N)N)NC(=O)C(CCCN=C(N)N)NC(=O)[C@H](CCCN=C(N)N)NC(=O)C(CCCN=C(N)N)NC(=O)[C@H](CCCN=C(N)N)NC(=O)C(CCCN=C(N)N)NNC(CCCN=C(N)N)C(=O)O. The number of hydrogen-bond donors (Lipinski definition) is 24. The van der Waals surface area contributed by atoms with Crippen molar-refractivity contribution in [1.29, 1.82) is 0 Å². The average Bonchev–Trinajstić information content (AvgIpc) is 3.60. The number of aliphatic imine (C=N–C) groups is 7. The molecule has 0 saturated heterocycles. The second-order valence-electron chi connectivity index (χ2n) is 19.2. The highest BCUT2D eigenvalue weighted by molar-refractivity contribution is 5.98. The summed E-state index contributed by atoms with van der Waals surface area (Å²) < 4.78 is 0. The number of ketones is 1. The van der Waals surface area contributed by atoms with E-state index in [2.05, 4.69) is 77.7 Å². The molecule has 4 unspecified atom stereocenters. The Labute approximate surface area is 492 Å². The van der Waals surface area contributed by atoms with Crippen LogP contribution in [0.3, 0.4) is 0 Å². The quantitative estimate of drug-likeness (QED) is 0.0116. The van der Waals surface area contributed by atoms with Crippen molar-refractivity contribution in [1.82, 2.24) is 42.8 Å². The first kappa shape index (κ1) is 75.7. The minimum Gasteiger partial charge on any atom is -0.480 e. The van der Waals surface area contributed by atoms with E-state index in [1.165, 1.54) is 6.92 Å². The third kappa shape index (κ3) is 38.2. The van der Waals surface area contributed by atoms with Gasteiger partial charge in [0.15, 0.2) is 47.5 Å². The summed E-state index contributed by atoms with van der Waals surface area (Å²) in [5, 5.41) is 25.6. The van der Waals surface area contributed by atoms with Crippen LogP contribution in [-0.4, -0.2) is 195 Å². The van der Waals surface area contributed by atoms with Gasteiger partial charge in [0.05, 0.1) is 18.6 Å². The predicted octanol–water partition coefficient (Wildman–Crippen LogP) is -11.3. The van der Waals surface area contributed by atoms with Gasteiger partial charge in [-0.25, -0.2) is 10.9 Å². The second kappa shape index (κ2) is 43.4. The largest absolute Gasteiger partial charge is 0.480 e. The second-order valence-corrected chi connectivity index (χ2v) is 19.2. The number of hydrazine groups is 1. The maximum absolute atomic E-state index is 14.6. The van der Waals surface area contributed by atoms with Crippen molar-refractivity contribution in [3.63, 3.8) is 0 Å². The number of nitrogens with one attached hydrogen (secondary N) is 8. The lowest BCUT2D eigenvalue weighted by atomic mass is 10.0. The third-order valence-corrected chi connectivity index (χ3v) is 11.8. The molecule has 0 rings (SSSR count). The molecule has 0 aromatic heterocycles. The van der Waals surface area contributed by atoms with Crippen molar-refractivity contribution in [2.75, 3.05) is 52.4 Å². The predicted molar refractivity (Wildman–Crippen MR) is 322 cm³/mol. The number of guanidine groups is 7. The van der Waals surface area contributed by atoms with Crippen LogP contribution < -0.4 is 129 Å². The maximum Gasteiger partial charge on any atom is 0.322 e. The number of Topliss-reactive ketones (excluding diaryl/α,β-unsaturated/α-hetero) is 1. The Morgan fingerprint density at radius 3 is 0.788 bits per heavy atom. The van der Waals surface area contributed by atoms with Crippen LogP contribution in [0.15, 0.2) is 34.9 Å². The summed E-state index contributed by atoms with van der Waals surface area (Å²) in [5.41, 5.74) is 88.1. The summed E-state index contributed by atoms with van der Waals surface area (Å²) in [5.74, 6) is -8.61. The normalized spacial score (nSPS) is 13.5. The van der Waals surface area contributed by atoms with Gasteiger partial charge in [0, 0.05) is 45.8 Å². The Balaban J connectivity index is 7.38. The van der Waals surface area contributed by atoms with Crippen molar-refractivity contribution in [2.24, 2.45) is 121 Å². The Morgan fingerprint density at radius 2 is 0.541 bits per heavy atom. The van der Waals surface area contributed by atoms with Gasteiger partial charge in [-0.05, 0) is 96.8 Å². The van der Waals surface area contributed by atoms with Crippen LogP contribution in [0, 0.1) is 0 Å². The molecule has 0 radical (unpaired) electrons. The summed E-state index contributed by atoms with van der Waals surface area (Å²) in [6.07, 6.45) is 0.387. The topological polar surface area (TPSA) is 730 Å². The molecule has 39 N–H and O–H groups in total. The van der Waals surface area contributed by atoms with Crippen molar-refractivity contribution >= 4 is 88.9 Å². The molecule has 0 aliphatic rings. The minimum atomic E-state index is -1.48. The lowest BCUT2D eigenvalue weighted by molar-refractivity contribution is -0.140. The summed E-state index contributed by atoms with van der Waals surface area (Å²) >= 11 is 0. The molecular formula is C46H94N30O9. The van der Waals surface area contributed by atoms with Gasteiger partial charge in [-0.1, -0.05) is 0 Å². The van der Waals surface area contributed by atoms with Crippen molar-refractivity contribution < 1.29 is 43.5 Å². The smallest absolute Gasteiger partial charge is 0.322 e. The van der Waals surface area contributed by atoms with E-state index in [1.807, 2.05) is 0 Å². The zero-order valence-electron chi connectivity index (χ0n) is 48.2. The molecule has 39 heteroatoms. The van der Waals surface area contributed by atoms with Gasteiger partial charge in [0.1, 0.15) is 36.3 Å². The Kier molecular flexibility index (Phi) is 38.7. The molecule has 0 bridgehead atoms. The van der Waals surface area contributed by atoms with Gasteiger partial charge < -0.3 is 123 Å². The Bertz CT molecular complexity index is 2320. The number of carbonyl (C=O) groups excluding carboxylic acids is 7. The van der Waals surface area contributed by atoms with E-state index < -0.39 is 102 Å². The molecule has 0 aromatic rings. The molecule has 39 nitrogen and oxygen atoms in total. The van der Waals surface area contributed by atoms with E-state index in [0.29, 0.717) is 0 Å². The summed E-state index contributed by atoms with van der Waals surface area (Å²) in [7, 11) is 0. The first-order chi connectivity index (χ1) is 40.0. The van der Waals surface area contributed by atoms with Crippen LogP contribution in [0.2, 0.25) is 0 Å². The molecule has 0 aliphatic heterocycles. The van der Waals surface area contributed by atoms with Crippen molar-refractivity contribution in [2.45, 2.75) is 145 Å². The lowest BCUT2D eigenvalue weighted by Gasteiger charge is -2.28. The van der Waals surface area contributed by atoms with Crippen LogP contribution in [0.25, 0.3) is 0 Å². The number of carboxylic acid groups (broad SMARTS) is 1. The van der Waals surface area contributed by atoms with Crippen LogP contribution in [-0.2, 0) is 38.4 Å². The first-order valence-corrected chi connectivity index (χ1v) is 27.2. The summed E-state index contributed by atoms with van der Waals surface area (Å²) in [4.78, 5) is 138. The van der Waals surface area contributed by atoms with Crippen LogP contribution in [0.4, 0.5) is 0 Å². The lowest BCUT2D eigenvalue weighted by Crippen LogP contribution is -2.60. The molecule has 482 valence electrons. The van der Waals surface area contributed by atoms with Gasteiger partial charge in [-0.3, -0.25) is 73.3 Å². The van der Waals surface area contributed by atoms with E-state index >= 15 is 0 Å². The number of amides is 6. The number of hydrogen-bond acceptors (Lipinski definition) is 18. The van der Waals surface area contributed by atoms with E-state index in [4.69, 9.17) is 86.0 Å².